The third-order valence-electron chi connectivity index (χ3n) is 5.77. The predicted molar refractivity (Wildman–Crippen MR) is 125 cm³/mol. The molecule has 6 heteroatoms. The third-order valence-corrected chi connectivity index (χ3v) is 6.26. The average molecular weight is 479 g/mol. The molecule has 0 spiro atoms. The maximum absolute atomic E-state index is 13.6. The van der Waals surface area contributed by atoms with Gasteiger partial charge in [-0.2, -0.15) is 0 Å². The van der Waals surface area contributed by atoms with E-state index in [1.807, 2.05) is 67.6 Å². The first-order valence-corrected chi connectivity index (χ1v) is 10.8. The standard InChI is InChI=1S/C25H23BrN2O3/c1-15-14-17(26)10-13-21(15)27-24(29)22-19-6-4-5-7-20(19)25(30)28(2)23(22)16-8-11-18(31-3)12-9-16/h4-14,22-23H,1-3H3,(H,27,29)/t22-,23+/m1/s1. The number of nitrogens with one attached hydrogen (secondary N) is 1. The predicted octanol–water partition coefficient (Wildman–Crippen LogP) is 5.32. The van der Waals surface area contributed by atoms with Gasteiger partial charge in [0.1, 0.15) is 5.75 Å². The van der Waals surface area contributed by atoms with Crippen LogP contribution in [0.15, 0.2) is 71.2 Å². The number of nitrogens with zero attached hydrogens (tertiary/aromatic N) is 1. The van der Waals surface area contributed by atoms with E-state index in [1.165, 1.54) is 0 Å². The molecule has 0 bridgehead atoms. The monoisotopic (exact) mass is 478 g/mol. The van der Waals surface area contributed by atoms with Crippen LogP contribution < -0.4 is 10.1 Å². The van der Waals surface area contributed by atoms with Crippen molar-refractivity contribution in [3.05, 3.63) is 93.5 Å². The Kier molecular flexibility index (Phi) is 5.83. The van der Waals surface area contributed by atoms with Crippen molar-refractivity contribution in [2.24, 2.45) is 0 Å². The second-order valence-corrected chi connectivity index (χ2v) is 8.56. The summed E-state index contributed by atoms with van der Waals surface area (Å²) in [6.07, 6.45) is 0. The second-order valence-electron chi connectivity index (χ2n) is 7.65. The maximum atomic E-state index is 13.6. The Labute approximate surface area is 190 Å². The molecule has 1 N–H and O–H groups in total. The van der Waals surface area contributed by atoms with Crippen molar-refractivity contribution in [1.82, 2.24) is 4.90 Å². The van der Waals surface area contributed by atoms with Crippen molar-refractivity contribution < 1.29 is 14.3 Å². The summed E-state index contributed by atoms with van der Waals surface area (Å²) >= 11 is 3.46. The van der Waals surface area contributed by atoms with E-state index in [-0.39, 0.29) is 11.8 Å². The van der Waals surface area contributed by atoms with Crippen molar-refractivity contribution in [2.45, 2.75) is 18.9 Å². The maximum Gasteiger partial charge on any atom is 0.254 e. The van der Waals surface area contributed by atoms with Gasteiger partial charge < -0.3 is 15.0 Å². The second kappa shape index (κ2) is 8.55. The molecule has 31 heavy (non-hydrogen) atoms. The largest absolute Gasteiger partial charge is 0.497 e. The van der Waals surface area contributed by atoms with Crippen LogP contribution in [0.25, 0.3) is 0 Å². The quantitative estimate of drug-likeness (QED) is 0.552. The summed E-state index contributed by atoms with van der Waals surface area (Å²) in [6.45, 7) is 1.95. The number of anilines is 1. The molecule has 1 heterocycles. The molecule has 0 aliphatic carbocycles. The molecule has 1 aliphatic heterocycles. The molecule has 0 fully saturated rings. The Balaban J connectivity index is 1.79. The van der Waals surface area contributed by atoms with Gasteiger partial charge in [0, 0.05) is 22.8 Å². The third kappa shape index (κ3) is 3.95. The van der Waals surface area contributed by atoms with Crippen LogP contribution in [0.2, 0.25) is 0 Å². The van der Waals surface area contributed by atoms with Gasteiger partial charge in [0.25, 0.3) is 5.91 Å². The minimum Gasteiger partial charge on any atom is -0.497 e. The van der Waals surface area contributed by atoms with E-state index < -0.39 is 12.0 Å². The Hall–Kier alpha value is -3.12. The van der Waals surface area contributed by atoms with Gasteiger partial charge in [-0.3, -0.25) is 9.59 Å². The Morgan fingerprint density at radius 2 is 1.77 bits per heavy atom. The van der Waals surface area contributed by atoms with Crippen LogP contribution in [0.5, 0.6) is 5.75 Å². The highest BCUT2D eigenvalue weighted by Crippen LogP contribution is 2.43. The van der Waals surface area contributed by atoms with E-state index in [0.29, 0.717) is 5.56 Å². The number of fused-ring (bicyclic) bond motifs is 1. The number of aryl methyl sites for hydroxylation is 1. The molecule has 5 nitrogen and oxygen atoms in total. The van der Waals surface area contributed by atoms with Crippen molar-refractivity contribution >= 4 is 33.4 Å². The van der Waals surface area contributed by atoms with Crippen LogP contribution in [0.3, 0.4) is 0 Å². The molecule has 1 aliphatic rings. The van der Waals surface area contributed by atoms with E-state index in [4.69, 9.17) is 4.74 Å². The van der Waals surface area contributed by atoms with E-state index in [2.05, 4.69) is 21.2 Å². The molecule has 0 radical (unpaired) electrons. The molecular formula is C25H23BrN2O3. The minimum absolute atomic E-state index is 0.0970. The Morgan fingerprint density at radius 1 is 1.06 bits per heavy atom. The molecule has 0 unspecified atom stereocenters. The number of methoxy groups -OCH3 is 1. The first-order chi connectivity index (χ1) is 14.9. The smallest absolute Gasteiger partial charge is 0.254 e. The number of benzene rings is 3. The highest BCUT2D eigenvalue weighted by molar-refractivity contribution is 9.10. The number of amides is 2. The fraction of sp³-hybridized carbons (Fsp3) is 0.200. The SMILES string of the molecule is COc1ccc([C@H]2[C@H](C(=O)Nc3ccc(Br)cc3C)c3ccccc3C(=O)N2C)cc1. The van der Waals surface area contributed by atoms with Gasteiger partial charge in [0.15, 0.2) is 0 Å². The lowest BCUT2D eigenvalue weighted by Crippen LogP contribution is -2.44. The van der Waals surface area contributed by atoms with Crippen molar-refractivity contribution in [3.8, 4) is 5.75 Å². The molecule has 2 amide bonds. The molecular weight excluding hydrogens is 456 g/mol. The normalized spacial score (nSPS) is 17.8. The van der Waals surface area contributed by atoms with Gasteiger partial charge in [-0.05, 0) is 60.0 Å². The topological polar surface area (TPSA) is 58.6 Å². The lowest BCUT2D eigenvalue weighted by atomic mass is 9.79. The fourth-order valence-electron chi connectivity index (χ4n) is 4.15. The number of carbonyl (C=O) groups is 2. The number of halogens is 1. The summed E-state index contributed by atoms with van der Waals surface area (Å²) in [5.74, 6) is -0.0888. The number of rotatable bonds is 4. The van der Waals surface area contributed by atoms with E-state index >= 15 is 0 Å². The molecule has 3 aromatic carbocycles. The highest BCUT2D eigenvalue weighted by atomic mass is 79.9. The van der Waals surface area contributed by atoms with Gasteiger partial charge in [-0.15, -0.1) is 0 Å². The zero-order chi connectivity index (χ0) is 22.1. The average Bonchev–Trinajstić information content (AvgIpc) is 2.78. The zero-order valence-corrected chi connectivity index (χ0v) is 19.1. The molecule has 0 saturated carbocycles. The summed E-state index contributed by atoms with van der Waals surface area (Å²) in [4.78, 5) is 28.4. The van der Waals surface area contributed by atoms with E-state index in [0.717, 1.165) is 32.6 Å². The number of likely N-dealkylation sites (N-methyl/N-ethyl adjacent to an activating group) is 1. The van der Waals surface area contributed by atoms with Crippen LogP contribution >= 0.6 is 15.9 Å². The molecule has 158 valence electrons. The van der Waals surface area contributed by atoms with Gasteiger partial charge in [0.2, 0.25) is 5.91 Å². The molecule has 3 aromatic rings. The minimum atomic E-state index is -0.560. The number of carbonyl (C=O) groups excluding carboxylic acids is 2. The van der Waals surface area contributed by atoms with Gasteiger partial charge in [0.05, 0.1) is 19.1 Å². The van der Waals surface area contributed by atoms with Crippen molar-refractivity contribution in [3.63, 3.8) is 0 Å². The summed E-state index contributed by atoms with van der Waals surface area (Å²) in [5.41, 5.74) is 3.87. The summed E-state index contributed by atoms with van der Waals surface area (Å²) < 4.78 is 6.22. The van der Waals surface area contributed by atoms with E-state index in [1.54, 1.807) is 25.1 Å². The summed E-state index contributed by atoms with van der Waals surface area (Å²) in [5, 5.41) is 3.08. The molecule has 4 rings (SSSR count). The molecule has 0 saturated heterocycles. The summed E-state index contributed by atoms with van der Waals surface area (Å²) in [7, 11) is 3.36. The Morgan fingerprint density at radius 3 is 2.45 bits per heavy atom. The van der Waals surface area contributed by atoms with Crippen LogP contribution in [0.4, 0.5) is 5.69 Å². The van der Waals surface area contributed by atoms with Crippen molar-refractivity contribution in [2.75, 3.05) is 19.5 Å². The lowest BCUT2D eigenvalue weighted by Gasteiger charge is -2.39. The van der Waals surface area contributed by atoms with Crippen LogP contribution in [0.1, 0.15) is 39.0 Å². The van der Waals surface area contributed by atoms with Gasteiger partial charge in [-0.25, -0.2) is 0 Å². The highest BCUT2D eigenvalue weighted by Gasteiger charge is 2.42. The summed E-state index contributed by atoms with van der Waals surface area (Å²) in [6, 6.07) is 20.2. The van der Waals surface area contributed by atoms with Crippen LogP contribution in [-0.4, -0.2) is 30.9 Å². The number of ether oxygens (including phenoxy) is 1. The Bertz CT molecular complexity index is 1140. The van der Waals surface area contributed by atoms with E-state index in [9.17, 15) is 9.59 Å². The first kappa shape index (κ1) is 21.1. The zero-order valence-electron chi connectivity index (χ0n) is 17.6. The van der Waals surface area contributed by atoms with Crippen molar-refractivity contribution in [1.29, 1.82) is 0 Å². The fourth-order valence-corrected chi connectivity index (χ4v) is 4.63. The molecule has 2 atom stereocenters. The van der Waals surface area contributed by atoms with Gasteiger partial charge in [-0.1, -0.05) is 46.3 Å². The van der Waals surface area contributed by atoms with Gasteiger partial charge >= 0.3 is 0 Å². The molecule has 0 aromatic heterocycles. The van der Waals surface area contributed by atoms with Crippen LogP contribution in [0, 0.1) is 6.92 Å². The number of hydrogen-bond donors (Lipinski definition) is 1. The first-order valence-electron chi connectivity index (χ1n) is 9.97. The number of hydrogen-bond acceptors (Lipinski definition) is 3. The van der Waals surface area contributed by atoms with Crippen LogP contribution in [-0.2, 0) is 4.79 Å². The lowest BCUT2D eigenvalue weighted by molar-refractivity contribution is -0.119.